The van der Waals surface area contributed by atoms with E-state index in [1.54, 1.807) is 0 Å². The number of ketones is 1. The number of carbonyl (C=O) groups is 1. The fraction of sp³-hybridized carbons (Fsp3) is 0.375. The lowest BCUT2D eigenvalue weighted by Crippen LogP contribution is -2.42. The van der Waals surface area contributed by atoms with E-state index in [1.165, 1.54) is 6.26 Å². The van der Waals surface area contributed by atoms with Crippen LogP contribution in [-0.4, -0.2) is 18.0 Å². The number of aryl methyl sites for hydroxylation is 2. The van der Waals surface area contributed by atoms with Crippen molar-refractivity contribution in [2.45, 2.75) is 51.9 Å². The van der Waals surface area contributed by atoms with Crippen molar-refractivity contribution in [1.29, 1.82) is 0 Å². The summed E-state index contributed by atoms with van der Waals surface area (Å²) >= 11 is 6.22. The summed E-state index contributed by atoms with van der Waals surface area (Å²) in [7, 11) is 0. The van der Waals surface area contributed by atoms with E-state index in [9.17, 15) is 4.79 Å². The molecule has 3 unspecified atom stereocenters. The van der Waals surface area contributed by atoms with E-state index in [0.717, 1.165) is 29.5 Å². The van der Waals surface area contributed by atoms with Crippen molar-refractivity contribution in [2.24, 2.45) is 5.92 Å². The van der Waals surface area contributed by atoms with Crippen molar-refractivity contribution < 1.29 is 19.0 Å². The largest absolute Gasteiger partial charge is 0.493 e. The van der Waals surface area contributed by atoms with Crippen LogP contribution in [0.15, 0.2) is 54.5 Å². The Bertz CT molecular complexity index is 899. The number of hydrogen-bond donors (Lipinski definition) is 0. The molecule has 2 aromatic rings. The molecule has 1 fully saturated rings. The number of allylic oxidation sites excluding steroid dienone is 1. The molecule has 0 aromatic heterocycles. The second-order valence-electron chi connectivity index (χ2n) is 7.83. The van der Waals surface area contributed by atoms with Crippen LogP contribution >= 0.6 is 11.6 Å². The third-order valence-corrected chi connectivity index (χ3v) is 6.24. The Balaban J connectivity index is 1.38. The lowest BCUT2D eigenvalue weighted by molar-refractivity contribution is -0.134. The van der Waals surface area contributed by atoms with Crippen LogP contribution in [0.1, 0.15) is 36.0 Å². The standard InChI is InChI=1S/C24H25ClO4/c1-15-10-19(11-16(2)23(15)25)29-22-14-28-21-12-18(8-9-20(21)24(22)26)27-13-17-6-4-3-5-7-17/h3-7,10-11,14,18,20-21H,8-9,12-13H2,1-2H3. The number of hydrogen-bond acceptors (Lipinski definition) is 4. The monoisotopic (exact) mass is 412 g/mol. The number of rotatable bonds is 5. The molecule has 0 spiro atoms. The minimum absolute atomic E-state index is 0.00742. The van der Waals surface area contributed by atoms with Gasteiger partial charge in [-0.05, 0) is 55.5 Å². The predicted octanol–water partition coefficient (Wildman–Crippen LogP) is 5.53. The van der Waals surface area contributed by atoms with E-state index in [1.807, 2.05) is 44.2 Å². The van der Waals surface area contributed by atoms with Gasteiger partial charge in [0.2, 0.25) is 11.5 Å². The second-order valence-corrected chi connectivity index (χ2v) is 8.21. The Morgan fingerprint density at radius 1 is 1.10 bits per heavy atom. The van der Waals surface area contributed by atoms with Gasteiger partial charge in [-0.25, -0.2) is 0 Å². The van der Waals surface area contributed by atoms with Gasteiger partial charge in [-0.15, -0.1) is 0 Å². The number of fused-ring (bicyclic) bond motifs is 1. The molecule has 2 aliphatic rings. The first-order chi connectivity index (χ1) is 14.0. The average Bonchev–Trinajstić information content (AvgIpc) is 2.73. The van der Waals surface area contributed by atoms with Gasteiger partial charge in [0.05, 0.1) is 18.6 Å². The molecule has 0 bridgehead atoms. The van der Waals surface area contributed by atoms with E-state index in [-0.39, 0.29) is 29.7 Å². The summed E-state index contributed by atoms with van der Waals surface area (Å²) in [6.45, 7) is 4.42. The fourth-order valence-electron chi connectivity index (χ4n) is 4.04. The van der Waals surface area contributed by atoms with Gasteiger partial charge in [0, 0.05) is 11.4 Å². The van der Waals surface area contributed by atoms with Crippen LogP contribution in [0, 0.1) is 19.8 Å². The maximum Gasteiger partial charge on any atom is 0.207 e. The fourth-order valence-corrected chi connectivity index (χ4v) is 4.15. The lowest BCUT2D eigenvalue weighted by Gasteiger charge is -2.37. The van der Waals surface area contributed by atoms with Gasteiger partial charge in [0.1, 0.15) is 18.1 Å². The Hall–Kier alpha value is -2.30. The highest BCUT2D eigenvalue weighted by Gasteiger charge is 2.41. The minimum Gasteiger partial charge on any atom is -0.493 e. The highest BCUT2D eigenvalue weighted by atomic mass is 35.5. The number of halogens is 1. The van der Waals surface area contributed by atoms with Gasteiger partial charge in [-0.1, -0.05) is 41.9 Å². The normalized spacial score (nSPS) is 23.8. The van der Waals surface area contributed by atoms with Crippen LogP contribution in [0.2, 0.25) is 5.02 Å². The summed E-state index contributed by atoms with van der Waals surface area (Å²) in [5.41, 5.74) is 2.99. The second kappa shape index (κ2) is 8.60. The molecule has 1 saturated carbocycles. The van der Waals surface area contributed by atoms with Gasteiger partial charge < -0.3 is 14.2 Å². The van der Waals surface area contributed by atoms with Crippen LogP contribution in [0.4, 0.5) is 0 Å². The van der Waals surface area contributed by atoms with E-state index in [0.29, 0.717) is 23.8 Å². The van der Waals surface area contributed by atoms with Gasteiger partial charge in [0.15, 0.2) is 0 Å². The highest BCUT2D eigenvalue weighted by molar-refractivity contribution is 6.32. The van der Waals surface area contributed by atoms with Crippen molar-refractivity contribution in [1.82, 2.24) is 0 Å². The molecule has 5 heteroatoms. The third kappa shape index (κ3) is 4.49. The molecule has 4 rings (SSSR count). The topological polar surface area (TPSA) is 44.8 Å². The van der Waals surface area contributed by atoms with E-state index in [4.69, 9.17) is 25.8 Å². The smallest absolute Gasteiger partial charge is 0.207 e. The van der Waals surface area contributed by atoms with E-state index >= 15 is 0 Å². The van der Waals surface area contributed by atoms with Gasteiger partial charge in [-0.3, -0.25) is 4.79 Å². The quantitative estimate of drug-likeness (QED) is 0.647. The van der Waals surface area contributed by atoms with Crippen molar-refractivity contribution >= 4 is 17.4 Å². The summed E-state index contributed by atoms with van der Waals surface area (Å²) in [6.07, 6.45) is 3.70. The van der Waals surface area contributed by atoms with Gasteiger partial charge >= 0.3 is 0 Å². The minimum atomic E-state index is -0.180. The number of benzene rings is 2. The molecule has 0 N–H and O–H groups in total. The molecule has 4 nitrogen and oxygen atoms in total. The van der Waals surface area contributed by atoms with Crippen molar-refractivity contribution in [2.75, 3.05) is 0 Å². The molecule has 0 amide bonds. The van der Waals surface area contributed by atoms with Crippen molar-refractivity contribution in [3.63, 3.8) is 0 Å². The molecule has 152 valence electrons. The molecular formula is C24H25ClO4. The summed E-state index contributed by atoms with van der Waals surface area (Å²) in [4.78, 5) is 12.9. The van der Waals surface area contributed by atoms with Crippen molar-refractivity contribution in [3.05, 3.63) is 76.2 Å². The molecule has 1 aliphatic carbocycles. The SMILES string of the molecule is Cc1cc(OC2=COC3CC(OCc4ccccc4)CCC3C2=O)cc(C)c1Cl. The zero-order valence-corrected chi connectivity index (χ0v) is 17.4. The third-order valence-electron chi connectivity index (χ3n) is 5.64. The van der Waals surface area contributed by atoms with Crippen LogP contribution in [-0.2, 0) is 20.9 Å². The molecule has 0 saturated heterocycles. The van der Waals surface area contributed by atoms with E-state index < -0.39 is 0 Å². The first-order valence-electron chi connectivity index (χ1n) is 10.0. The highest BCUT2D eigenvalue weighted by Crippen LogP contribution is 2.36. The number of ether oxygens (including phenoxy) is 3. The zero-order chi connectivity index (χ0) is 20.4. The first-order valence-corrected chi connectivity index (χ1v) is 10.4. The summed E-state index contributed by atoms with van der Waals surface area (Å²) in [5.74, 6) is 0.691. The molecule has 3 atom stereocenters. The molecule has 2 aromatic carbocycles. The summed E-state index contributed by atoms with van der Waals surface area (Å²) in [5, 5.41) is 0.714. The molecule has 0 radical (unpaired) electrons. The summed E-state index contributed by atoms with van der Waals surface area (Å²) in [6, 6.07) is 13.8. The van der Waals surface area contributed by atoms with Gasteiger partial charge in [0.25, 0.3) is 0 Å². The molecule has 1 heterocycles. The number of carbonyl (C=O) groups excluding carboxylic acids is 1. The lowest BCUT2D eigenvalue weighted by atomic mass is 9.80. The van der Waals surface area contributed by atoms with E-state index in [2.05, 4.69) is 12.1 Å². The predicted molar refractivity (Wildman–Crippen MR) is 112 cm³/mol. The Labute approximate surface area is 176 Å². The maximum atomic E-state index is 12.9. The summed E-state index contributed by atoms with van der Waals surface area (Å²) < 4.78 is 17.8. The van der Waals surface area contributed by atoms with Crippen molar-refractivity contribution in [3.8, 4) is 5.75 Å². The average molecular weight is 413 g/mol. The van der Waals surface area contributed by atoms with Gasteiger partial charge in [-0.2, -0.15) is 0 Å². The molecular weight excluding hydrogens is 388 g/mol. The number of Topliss-reactive ketones (excluding diaryl/α,β-unsaturated/α-hetero) is 1. The van der Waals surface area contributed by atoms with Crippen LogP contribution in [0.3, 0.4) is 0 Å². The first kappa shape index (κ1) is 20.0. The Kier molecular flexibility index (Phi) is 5.93. The Morgan fingerprint density at radius 2 is 1.83 bits per heavy atom. The maximum absolute atomic E-state index is 12.9. The Morgan fingerprint density at radius 3 is 2.55 bits per heavy atom. The van der Waals surface area contributed by atoms with Crippen LogP contribution < -0.4 is 4.74 Å². The molecule has 29 heavy (non-hydrogen) atoms. The zero-order valence-electron chi connectivity index (χ0n) is 16.7. The van der Waals surface area contributed by atoms with Crippen LogP contribution in [0.25, 0.3) is 0 Å². The molecule has 1 aliphatic heterocycles. The van der Waals surface area contributed by atoms with Crippen LogP contribution in [0.5, 0.6) is 5.75 Å².